The van der Waals surface area contributed by atoms with Crippen LogP contribution in [0.5, 0.6) is 0 Å². The van der Waals surface area contributed by atoms with Crippen molar-refractivity contribution in [1.29, 1.82) is 0 Å². The highest BCUT2D eigenvalue weighted by atomic mass is 79.9. The fraction of sp³-hybridized carbons (Fsp3) is 1.00. The lowest BCUT2D eigenvalue weighted by molar-refractivity contribution is 0.0280. The van der Waals surface area contributed by atoms with Gasteiger partial charge in [-0.3, -0.25) is 0 Å². The Kier molecular flexibility index (Phi) is 10.6. The smallest absolute Gasteiger partial charge is 0.0930 e. The molecule has 0 fully saturated rings. The van der Waals surface area contributed by atoms with Gasteiger partial charge in [0.2, 0.25) is 0 Å². The van der Waals surface area contributed by atoms with Gasteiger partial charge >= 0.3 is 0 Å². The molecule has 0 aliphatic rings. The molecule has 0 atom stereocenters. The Bertz CT molecular complexity index is 90.7. The van der Waals surface area contributed by atoms with Crippen molar-refractivity contribution < 1.29 is 14.2 Å². The fourth-order valence-electron chi connectivity index (χ4n) is 0.535. The number of halogens is 2. The average molecular weight is 306 g/mol. The number of ether oxygens (including phenoxy) is 3. The number of alkyl halides is 2. The number of hydrogen-bond donors (Lipinski definition) is 0. The summed E-state index contributed by atoms with van der Waals surface area (Å²) in [6.45, 7) is 3.16. The van der Waals surface area contributed by atoms with Crippen LogP contribution in [0, 0.1) is 0 Å². The molecule has 74 valence electrons. The number of methoxy groups -OCH3 is 1. The maximum absolute atomic E-state index is 5.22. The van der Waals surface area contributed by atoms with Gasteiger partial charge in [0, 0.05) is 7.11 Å². The van der Waals surface area contributed by atoms with Crippen molar-refractivity contribution >= 4 is 31.9 Å². The van der Waals surface area contributed by atoms with E-state index in [0.29, 0.717) is 33.0 Å². The largest absolute Gasteiger partial charge is 0.382 e. The van der Waals surface area contributed by atoms with Crippen molar-refractivity contribution in [2.45, 2.75) is 3.74 Å². The SMILES string of the molecule is COCCOCCOCC(Br)Br. The summed E-state index contributed by atoms with van der Waals surface area (Å²) < 4.78 is 15.4. The Hall–Kier alpha value is 0.840. The first-order chi connectivity index (χ1) is 5.77. The summed E-state index contributed by atoms with van der Waals surface area (Å²) >= 11 is 6.60. The molecule has 0 heterocycles. The Labute approximate surface area is 90.0 Å². The summed E-state index contributed by atoms with van der Waals surface area (Å²) in [4.78, 5) is 0. The first-order valence-electron chi connectivity index (χ1n) is 3.70. The third-order valence-electron chi connectivity index (χ3n) is 1.05. The molecule has 0 amide bonds. The molecule has 0 saturated carbocycles. The molecule has 0 aromatic rings. The van der Waals surface area contributed by atoms with Crippen LogP contribution in [0.4, 0.5) is 0 Å². The van der Waals surface area contributed by atoms with E-state index in [1.807, 2.05) is 0 Å². The van der Waals surface area contributed by atoms with Crippen LogP contribution in [0.3, 0.4) is 0 Å². The van der Waals surface area contributed by atoms with E-state index in [4.69, 9.17) is 14.2 Å². The zero-order valence-electron chi connectivity index (χ0n) is 7.09. The lowest BCUT2D eigenvalue weighted by Crippen LogP contribution is -2.10. The molecule has 0 aliphatic carbocycles. The number of rotatable bonds is 8. The second kappa shape index (κ2) is 9.92. The fourth-order valence-corrected chi connectivity index (χ4v) is 0.908. The van der Waals surface area contributed by atoms with Crippen molar-refractivity contribution in [3.8, 4) is 0 Å². The second-order valence-corrected chi connectivity index (χ2v) is 5.51. The molecule has 0 bridgehead atoms. The van der Waals surface area contributed by atoms with E-state index in [0.717, 1.165) is 0 Å². The van der Waals surface area contributed by atoms with Gasteiger partial charge in [0.05, 0.1) is 36.8 Å². The van der Waals surface area contributed by atoms with Gasteiger partial charge in [-0.05, 0) is 0 Å². The van der Waals surface area contributed by atoms with E-state index in [1.54, 1.807) is 7.11 Å². The zero-order valence-corrected chi connectivity index (χ0v) is 10.3. The van der Waals surface area contributed by atoms with Crippen LogP contribution < -0.4 is 0 Å². The van der Waals surface area contributed by atoms with E-state index >= 15 is 0 Å². The van der Waals surface area contributed by atoms with Crippen LogP contribution in [0.1, 0.15) is 0 Å². The Balaban J connectivity index is 2.82. The lowest BCUT2D eigenvalue weighted by Gasteiger charge is -2.05. The van der Waals surface area contributed by atoms with Crippen molar-refractivity contribution in [3.63, 3.8) is 0 Å². The van der Waals surface area contributed by atoms with Gasteiger partial charge in [-0.1, -0.05) is 31.9 Å². The second-order valence-electron chi connectivity index (χ2n) is 2.07. The summed E-state index contributed by atoms with van der Waals surface area (Å²) in [7, 11) is 1.65. The average Bonchev–Trinajstić information content (AvgIpc) is 2.02. The van der Waals surface area contributed by atoms with E-state index < -0.39 is 0 Å². The van der Waals surface area contributed by atoms with E-state index in [2.05, 4.69) is 31.9 Å². The van der Waals surface area contributed by atoms with Crippen molar-refractivity contribution in [1.82, 2.24) is 0 Å². The zero-order chi connectivity index (χ0) is 9.23. The molecule has 12 heavy (non-hydrogen) atoms. The normalized spacial score (nSPS) is 11.0. The lowest BCUT2D eigenvalue weighted by atomic mass is 10.7. The summed E-state index contributed by atoms with van der Waals surface area (Å²) in [5.41, 5.74) is 0. The Morgan fingerprint density at radius 2 is 1.58 bits per heavy atom. The highest BCUT2D eigenvalue weighted by molar-refractivity contribution is 9.24. The molecule has 0 aliphatic heterocycles. The van der Waals surface area contributed by atoms with Crippen LogP contribution in [-0.4, -0.2) is 43.9 Å². The third-order valence-corrected chi connectivity index (χ3v) is 1.58. The maximum Gasteiger partial charge on any atom is 0.0930 e. The molecule has 0 rings (SSSR count). The monoisotopic (exact) mass is 304 g/mol. The molecule has 5 heteroatoms. The van der Waals surface area contributed by atoms with Crippen molar-refractivity contribution in [3.05, 3.63) is 0 Å². The molecule has 0 radical (unpaired) electrons. The van der Waals surface area contributed by atoms with Crippen LogP contribution in [0.2, 0.25) is 0 Å². The van der Waals surface area contributed by atoms with Gasteiger partial charge in [0.15, 0.2) is 0 Å². The van der Waals surface area contributed by atoms with Gasteiger partial charge in [-0.25, -0.2) is 0 Å². The summed E-state index contributed by atoms with van der Waals surface area (Å²) in [5.74, 6) is 0. The van der Waals surface area contributed by atoms with Gasteiger partial charge in [0.1, 0.15) is 0 Å². The topological polar surface area (TPSA) is 27.7 Å². The predicted molar refractivity (Wildman–Crippen MR) is 55.2 cm³/mol. The van der Waals surface area contributed by atoms with Crippen LogP contribution in [0.15, 0.2) is 0 Å². The molecule has 0 spiro atoms. The first-order valence-corrected chi connectivity index (χ1v) is 5.53. The van der Waals surface area contributed by atoms with Crippen molar-refractivity contribution in [2.24, 2.45) is 0 Å². The summed E-state index contributed by atoms with van der Waals surface area (Å²) in [6, 6.07) is 0. The third kappa shape index (κ3) is 10.8. The number of hydrogen-bond acceptors (Lipinski definition) is 3. The van der Waals surface area contributed by atoms with Gasteiger partial charge in [-0.15, -0.1) is 0 Å². The van der Waals surface area contributed by atoms with Crippen LogP contribution >= 0.6 is 31.9 Å². The highest BCUT2D eigenvalue weighted by Gasteiger charge is 1.96. The van der Waals surface area contributed by atoms with Crippen LogP contribution in [0.25, 0.3) is 0 Å². The minimum Gasteiger partial charge on any atom is -0.382 e. The minimum atomic E-state index is 0.226. The molecular weight excluding hydrogens is 292 g/mol. The molecule has 0 aromatic heterocycles. The van der Waals surface area contributed by atoms with Gasteiger partial charge < -0.3 is 14.2 Å². The highest BCUT2D eigenvalue weighted by Crippen LogP contribution is 2.07. The minimum absolute atomic E-state index is 0.226. The molecule has 0 N–H and O–H groups in total. The van der Waals surface area contributed by atoms with E-state index in [-0.39, 0.29) is 3.74 Å². The molecule has 0 saturated heterocycles. The van der Waals surface area contributed by atoms with E-state index in [9.17, 15) is 0 Å². The maximum atomic E-state index is 5.22. The Morgan fingerprint density at radius 3 is 2.17 bits per heavy atom. The molecular formula is C7H14Br2O3. The first kappa shape index (κ1) is 12.8. The Morgan fingerprint density at radius 1 is 1.00 bits per heavy atom. The standard InChI is InChI=1S/C7H14Br2O3/c1-10-2-3-11-4-5-12-6-7(8)9/h7H,2-6H2,1H3. The molecule has 0 aromatic carbocycles. The van der Waals surface area contributed by atoms with Gasteiger partial charge in [0.25, 0.3) is 0 Å². The van der Waals surface area contributed by atoms with Crippen LogP contribution in [-0.2, 0) is 14.2 Å². The summed E-state index contributed by atoms with van der Waals surface area (Å²) in [5, 5.41) is 0. The van der Waals surface area contributed by atoms with Crippen molar-refractivity contribution in [2.75, 3.05) is 40.1 Å². The van der Waals surface area contributed by atoms with E-state index in [1.165, 1.54) is 0 Å². The molecule has 3 nitrogen and oxygen atoms in total. The van der Waals surface area contributed by atoms with Gasteiger partial charge in [-0.2, -0.15) is 0 Å². The molecule has 0 unspecified atom stereocenters. The quantitative estimate of drug-likeness (QED) is 0.505. The summed E-state index contributed by atoms with van der Waals surface area (Å²) in [6.07, 6.45) is 0. The predicted octanol–water partition coefficient (Wildman–Crippen LogP) is 1.78.